The van der Waals surface area contributed by atoms with E-state index in [-0.39, 0.29) is 12.1 Å². The monoisotopic (exact) mass is 206 g/mol. The lowest BCUT2D eigenvalue weighted by atomic mass is 10.1. The molecule has 0 radical (unpaired) electrons. The summed E-state index contributed by atoms with van der Waals surface area (Å²) in [6.45, 7) is 3.16. The van der Waals surface area contributed by atoms with E-state index in [0.717, 1.165) is 6.42 Å². The molecular formula is C12H14O3. The number of hydrogen-bond donors (Lipinski definition) is 0. The third-order valence-electron chi connectivity index (χ3n) is 2.40. The highest BCUT2D eigenvalue weighted by Gasteiger charge is 2.24. The summed E-state index contributed by atoms with van der Waals surface area (Å²) in [4.78, 5) is 11.5. The number of aryl methyl sites for hydroxylation is 1. The van der Waals surface area contributed by atoms with Crippen LogP contribution in [0.15, 0.2) is 24.3 Å². The second kappa shape index (κ2) is 4.45. The normalized spacial score (nSPS) is 18.6. The van der Waals surface area contributed by atoms with Crippen LogP contribution in [0.1, 0.15) is 22.8 Å². The second-order valence-corrected chi connectivity index (χ2v) is 3.60. The van der Waals surface area contributed by atoms with E-state index in [2.05, 4.69) is 6.92 Å². The summed E-state index contributed by atoms with van der Waals surface area (Å²) in [5, 5.41) is 0. The van der Waals surface area contributed by atoms with E-state index in [1.54, 1.807) is 12.1 Å². The third kappa shape index (κ3) is 2.80. The molecule has 1 heterocycles. The van der Waals surface area contributed by atoms with Crippen LogP contribution in [0.25, 0.3) is 0 Å². The molecule has 3 nitrogen and oxygen atoms in total. The SMILES string of the molecule is CCc1ccc(C(=O)OCC2CO2)cc1. The first kappa shape index (κ1) is 10.2. The van der Waals surface area contributed by atoms with E-state index < -0.39 is 0 Å². The van der Waals surface area contributed by atoms with Gasteiger partial charge in [0.1, 0.15) is 12.7 Å². The van der Waals surface area contributed by atoms with Crippen molar-refractivity contribution < 1.29 is 14.3 Å². The van der Waals surface area contributed by atoms with Crippen LogP contribution in [0, 0.1) is 0 Å². The van der Waals surface area contributed by atoms with Crippen molar-refractivity contribution in [2.45, 2.75) is 19.4 Å². The highest BCUT2D eigenvalue weighted by molar-refractivity contribution is 5.89. The molecule has 80 valence electrons. The Hall–Kier alpha value is -1.35. The fraction of sp³-hybridized carbons (Fsp3) is 0.417. The Labute approximate surface area is 89.0 Å². The Morgan fingerprint density at radius 3 is 2.67 bits per heavy atom. The summed E-state index contributed by atoms with van der Waals surface area (Å²) in [7, 11) is 0. The number of carbonyl (C=O) groups excluding carboxylic acids is 1. The zero-order chi connectivity index (χ0) is 10.7. The first-order valence-corrected chi connectivity index (χ1v) is 5.17. The van der Waals surface area contributed by atoms with Crippen LogP contribution in [0.5, 0.6) is 0 Å². The molecule has 1 aliphatic rings. The number of esters is 1. The molecular weight excluding hydrogens is 192 g/mol. The molecule has 0 spiro atoms. The summed E-state index contributed by atoms with van der Waals surface area (Å²) < 4.78 is 10.0. The van der Waals surface area contributed by atoms with Crippen LogP contribution in [0.2, 0.25) is 0 Å². The van der Waals surface area contributed by atoms with Crippen molar-refractivity contribution in [3.63, 3.8) is 0 Å². The molecule has 1 atom stereocenters. The molecule has 0 bridgehead atoms. The van der Waals surface area contributed by atoms with Gasteiger partial charge in [0.15, 0.2) is 0 Å². The second-order valence-electron chi connectivity index (χ2n) is 3.60. The molecule has 1 saturated heterocycles. The number of ether oxygens (including phenoxy) is 2. The smallest absolute Gasteiger partial charge is 0.338 e. The van der Waals surface area contributed by atoms with Gasteiger partial charge in [0.05, 0.1) is 12.2 Å². The van der Waals surface area contributed by atoms with Gasteiger partial charge < -0.3 is 9.47 Å². The summed E-state index contributed by atoms with van der Waals surface area (Å²) in [5.41, 5.74) is 1.82. The maximum atomic E-state index is 11.5. The van der Waals surface area contributed by atoms with Crippen molar-refractivity contribution in [2.24, 2.45) is 0 Å². The third-order valence-corrected chi connectivity index (χ3v) is 2.40. The molecule has 0 saturated carbocycles. The van der Waals surface area contributed by atoms with Crippen LogP contribution in [-0.2, 0) is 15.9 Å². The zero-order valence-electron chi connectivity index (χ0n) is 8.73. The van der Waals surface area contributed by atoms with Gasteiger partial charge >= 0.3 is 5.97 Å². The standard InChI is InChI=1S/C12H14O3/c1-2-9-3-5-10(6-4-9)12(13)15-8-11-7-14-11/h3-6,11H,2,7-8H2,1H3. The van der Waals surface area contributed by atoms with Gasteiger partial charge in [-0.1, -0.05) is 19.1 Å². The molecule has 0 aliphatic carbocycles. The van der Waals surface area contributed by atoms with Gasteiger partial charge in [0.25, 0.3) is 0 Å². The largest absolute Gasteiger partial charge is 0.459 e. The fourth-order valence-electron chi connectivity index (χ4n) is 1.29. The van der Waals surface area contributed by atoms with E-state index in [1.165, 1.54) is 5.56 Å². The molecule has 1 aliphatic heterocycles. The van der Waals surface area contributed by atoms with Crippen molar-refractivity contribution >= 4 is 5.97 Å². The summed E-state index contributed by atoms with van der Waals surface area (Å²) in [6.07, 6.45) is 1.11. The number of rotatable bonds is 4. The molecule has 1 fully saturated rings. The van der Waals surface area contributed by atoms with Crippen molar-refractivity contribution in [3.8, 4) is 0 Å². The first-order chi connectivity index (χ1) is 7.29. The van der Waals surface area contributed by atoms with Crippen molar-refractivity contribution in [2.75, 3.05) is 13.2 Å². The number of hydrogen-bond acceptors (Lipinski definition) is 3. The molecule has 0 aromatic heterocycles. The predicted octanol–water partition coefficient (Wildman–Crippen LogP) is 1.80. The molecule has 15 heavy (non-hydrogen) atoms. The van der Waals surface area contributed by atoms with Crippen molar-refractivity contribution in [1.29, 1.82) is 0 Å². The lowest BCUT2D eigenvalue weighted by Gasteiger charge is -2.03. The van der Waals surface area contributed by atoms with Crippen molar-refractivity contribution in [3.05, 3.63) is 35.4 Å². The van der Waals surface area contributed by atoms with Gasteiger partial charge in [0.2, 0.25) is 0 Å². The van der Waals surface area contributed by atoms with Gasteiger partial charge in [-0.25, -0.2) is 4.79 Å². The Bertz CT molecular complexity index is 338. The van der Waals surface area contributed by atoms with E-state index in [4.69, 9.17) is 9.47 Å². The fourth-order valence-corrected chi connectivity index (χ4v) is 1.29. The van der Waals surface area contributed by atoms with Crippen LogP contribution >= 0.6 is 0 Å². The molecule has 1 aromatic carbocycles. The van der Waals surface area contributed by atoms with Gasteiger partial charge in [0, 0.05) is 0 Å². The Morgan fingerprint density at radius 1 is 1.47 bits per heavy atom. The molecule has 0 N–H and O–H groups in total. The van der Waals surface area contributed by atoms with Crippen LogP contribution in [-0.4, -0.2) is 25.3 Å². The number of benzene rings is 1. The summed E-state index contributed by atoms with van der Waals surface area (Å²) in [6, 6.07) is 7.50. The van der Waals surface area contributed by atoms with Gasteiger partial charge in [-0.15, -0.1) is 0 Å². The minimum absolute atomic E-state index is 0.129. The van der Waals surface area contributed by atoms with Crippen LogP contribution in [0.3, 0.4) is 0 Å². The predicted molar refractivity (Wildman–Crippen MR) is 55.8 cm³/mol. The molecule has 3 heteroatoms. The average molecular weight is 206 g/mol. The van der Waals surface area contributed by atoms with E-state index in [1.807, 2.05) is 12.1 Å². The van der Waals surface area contributed by atoms with Gasteiger partial charge in [-0.2, -0.15) is 0 Å². The quantitative estimate of drug-likeness (QED) is 0.557. The minimum Gasteiger partial charge on any atom is -0.459 e. The Kier molecular flexibility index (Phi) is 3.02. The summed E-state index contributed by atoms with van der Waals surface area (Å²) in [5.74, 6) is -0.270. The van der Waals surface area contributed by atoms with E-state index in [0.29, 0.717) is 18.8 Å². The van der Waals surface area contributed by atoms with Crippen LogP contribution in [0.4, 0.5) is 0 Å². The highest BCUT2D eigenvalue weighted by Crippen LogP contribution is 2.11. The molecule has 2 rings (SSSR count). The topological polar surface area (TPSA) is 38.8 Å². The van der Waals surface area contributed by atoms with Crippen LogP contribution < -0.4 is 0 Å². The van der Waals surface area contributed by atoms with Gasteiger partial charge in [-0.3, -0.25) is 0 Å². The maximum Gasteiger partial charge on any atom is 0.338 e. The first-order valence-electron chi connectivity index (χ1n) is 5.17. The molecule has 1 aromatic rings. The molecule has 0 amide bonds. The Balaban J connectivity index is 1.91. The lowest BCUT2D eigenvalue weighted by Crippen LogP contribution is -2.09. The Morgan fingerprint density at radius 2 is 2.13 bits per heavy atom. The zero-order valence-corrected chi connectivity index (χ0v) is 8.73. The highest BCUT2D eigenvalue weighted by atomic mass is 16.6. The lowest BCUT2D eigenvalue weighted by molar-refractivity contribution is 0.0476. The van der Waals surface area contributed by atoms with Crippen molar-refractivity contribution in [1.82, 2.24) is 0 Å². The maximum absolute atomic E-state index is 11.5. The summed E-state index contributed by atoms with van der Waals surface area (Å²) >= 11 is 0. The number of carbonyl (C=O) groups is 1. The average Bonchev–Trinajstić information content (AvgIpc) is 3.10. The number of epoxide rings is 1. The minimum atomic E-state index is -0.270. The molecule has 1 unspecified atom stereocenters. The van der Waals surface area contributed by atoms with E-state index >= 15 is 0 Å². The van der Waals surface area contributed by atoms with E-state index in [9.17, 15) is 4.79 Å². The van der Waals surface area contributed by atoms with Gasteiger partial charge in [-0.05, 0) is 24.1 Å².